The fourth-order valence-electron chi connectivity index (χ4n) is 2.31. The lowest BCUT2D eigenvalue weighted by Gasteiger charge is -2.28. The molecule has 0 radical (unpaired) electrons. The quantitative estimate of drug-likeness (QED) is 0.675. The van der Waals surface area contributed by atoms with E-state index in [1.54, 1.807) is 7.05 Å². The number of hydrogen-bond donors (Lipinski definition) is 2. The third kappa shape index (κ3) is 5.31. The van der Waals surface area contributed by atoms with Crippen LogP contribution in [0.4, 0.5) is 0 Å². The topological polar surface area (TPSA) is 58.2 Å². The predicted octanol–water partition coefficient (Wildman–Crippen LogP) is 2.13. The molecule has 0 fully saturated rings. The molecule has 0 unspecified atom stereocenters. The SMILES string of the molecule is CCC(CC)[C@H](NC(=O)[C@H](CC)NC)C(=O)C(C)C. The van der Waals surface area contributed by atoms with Crippen LogP contribution in [0.5, 0.6) is 0 Å². The summed E-state index contributed by atoms with van der Waals surface area (Å²) < 4.78 is 0. The van der Waals surface area contributed by atoms with Crippen LogP contribution in [0.2, 0.25) is 0 Å². The molecular weight excluding hydrogens is 240 g/mol. The maximum atomic E-state index is 12.3. The molecule has 1 amide bonds. The van der Waals surface area contributed by atoms with E-state index in [0.29, 0.717) is 6.42 Å². The maximum absolute atomic E-state index is 12.3. The van der Waals surface area contributed by atoms with E-state index in [0.717, 1.165) is 12.8 Å². The van der Waals surface area contributed by atoms with Crippen molar-refractivity contribution in [3.63, 3.8) is 0 Å². The highest BCUT2D eigenvalue weighted by molar-refractivity contribution is 5.92. The van der Waals surface area contributed by atoms with Crippen molar-refractivity contribution in [3.05, 3.63) is 0 Å². The summed E-state index contributed by atoms with van der Waals surface area (Å²) in [7, 11) is 1.77. The van der Waals surface area contributed by atoms with Gasteiger partial charge in [0.15, 0.2) is 5.78 Å². The standard InChI is InChI=1S/C15H30N2O2/c1-7-11(8-2)13(14(18)10(4)5)17-15(19)12(9-3)16-6/h10-13,16H,7-9H2,1-6H3,(H,17,19)/t12-,13-/m0/s1. The molecule has 0 aromatic heterocycles. The number of nitrogens with one attached hydrogen (secondary N) is 2. The number of amides is 1. The summed E-state index contributed by atoms with van der Waals surface area (Å²) in [5.74, 6) is 0.220. The third-order valence-corrected chi connectivity index (χ3v) is 3.77. The van der Waals surface area contributed by atoms with Gasteiger partial charge in [-0.2, -0.15) is 0 Å². The van der Waals surface area contributed by atoms with Gasteiger partial charge in [-0.15, -0.1) is 0 Å². The first-order valence-electron chi connectivity index (χ1n) is 7.44. The van der Waals surface area contributed by atoms with Gasteiger partial charge in [0.25, 0.3) is 0 Å². The van der Waals surface area contributed by atoms with Crippen LogP contribution >= 0.6 is 0 Å². The van der Waals surface area contributed by atoms with Crippen LogP contribution in [-0.4, -0.2) is 30.8 Å². The number of ketones is 1. The van der Waals surface area contributed by atoms with Gasteiger partial charge in [0, 0.05) is 5.92 Å². The van der Waals surface area contributed by atoms with E-state index >= 15 is 0 Å². The van der Waals surface area contributed by atoms with E-state index in [2.05, 4.69) is 24.5 Å². The van der Waals surface area contributed by atoms with E-state index in [4.69, 9.17) is 0 Å². The lowest BCUT2D eigenvalue weighted by molar-refractivity contribution is -0.131. The van der Waals surface area contributed by atoms with E-state index in [1.807, 2.05) is 20.8 Å². The van der Waals surface area contributed by atoms with E-state index in [-0.39, 0.29) is 35.6 Å². The minimum Gasteiger partial charge on any atom is -0.345 e. The molecule has 0 aliphatic carbocycles. The summed E-state index contributed by atoms with van der Waals surface area (Å²) in [4.78, 5) is 24.5. The van der Waals surface area contributed by atoms with Crippen molar-refractivity contribution >= 4 is 11.7 Å². The smallest absolute Gasteiger partial charge is 0.237 e. The molecule has 4 heteroatoms. The zero-order valence-corrected chi connectivity index (χ0v) is 13.2. The number of hydrogen-bond acceptors (Lipinski definition) is 3. The molecule has 0 spiro atoms. The first kappa shape index (κ1) is 18.1. The highest BCUT2D eigenvalue weighted by Gasteiger charge is 2.30. The Labute approximate surface area is 117 Å². The van der Waals surface area contributed by atoms with E-state index < -0.39 is 0 Å². The molecule has 0 rings (SSSR count). The fraction of sp³-hybridized carbons (Fsp3) is 0.867. The second-order valence-corrected chi connectivity index (χ2v) is 5.37. The van der Waals surface area contributed by atoms with Crippen molar-refractivity contribution in [1.29, 1.82) is 0 Å². The first-order chi connectivity index (χ1) is 8.92. The van der Waals surface area contributed by atoms with Crippen molar-refractivity contribution in [1.82, 2.24) is 10.6 Å². The van der Waals surface area contributed by atoms with E-state index in [9.17, 15) is 9.59 Å². The Balaban J connectivity index is 4.95. The van der Waals surface area contributed by atoms with E-state index in [1.165, 1.54) is 0 Å². The monoisotopic (exact) mass is 270 g/mol. The second kappa shape index (κ2) is 9.08. The van der Waals surface area contributed by atoms with Crippen molar-refractivity contribution in [2.45, 2.75) is 66.0 Å². The molecular formula is C15H30N2O2. The molecule has 0 aliphatic heterocycles. The van der Waals surface area contributed by atoms with Gasteiger partial charge in [-0.25, -0.2) is 0 Å². The minimum absolute atomic E-state index is 0.0550. The Kier molecular flexibility index (Phi) is 8.65. The van der Waals surface area contributed by atoms with Crippen LogP contribution in [0, 0.1) is 11.8 Å². The second-order valence-electron chi connectivity index (χ2n) is 5.37. The van der Waals surface area contributed by atoms with Crippen LogP contribution in [0.25, 0.3) is 0 Å². The highest BCUT2D eigenvalue weighted by Crippen LogP contribution is 2.17. The van der Waals surface area contributed by atoms with Crippen LogP contribution in [0.1, 0.15) is 53.9 Å². The lowest BCUT2D eigenvalue weighted by atomic mass is 9.87. The molecule has 2 atom stereocenters. The largest absolute Gasteiger partial charge is 0.345 e. The molecule has 0 aromatic rings. The van der Waals surface area contributed by atoms with Gasteiger partial charge in [0.1, 0.15) is 0 Å². The van der Waals surface area contributed by atoms with Gasteiger partial charge in [0.05, 0.1) is 12.1 Å². The fourth-order valence-corrected chi connectivity index (χ4v) is 2.31. The molecule has 0 bridgehead atoms. The van der Waals surface area contributed by atoms with Crippen LogP contribution < -0.4 is 10.6 Å². The summed E-state index contributed by atoms with van der Waals surface area (Å²) in [6, 6.07) is -0.582. The molecule has 19 heavy (non-hydrogen) atoms. The van der Waals surface area contributed by atoms with Gasteiger partial charge in [-0.1, -0.05) is 47.5 Å². The summed E-state index contributed by atoms with van der Waals surface area (Å²) >= 11 is 0. The minimum atomic E-state index is -0.357. The van der Waals surface area contributed by atoms with Gasteiger partial charge in [-0.3, -0.25) is 9.59 Å². The molecule has 0 heterocycles. The number of carbonyl (C=O) groups is 2. The van der Waals surface area contributed by atoms with Gasteiger partial charge < -0.3 is 10.6 Å². The summed E-state index contributed by atoms with van der Waals surface area (Å²) in [6.07, 6.45) is 2.51. The number of Topliss-reactive ketones (excluding diaryl/α,β-unsaturated/α-hetero) is 1. The number of rotatable bonds is 9. The lowest BCUT2D eigenvalue weighted by Crippen LogP contribution is -2.52. The Bertz CT molecular complexity index is 282. The molecule has 0 saturated heterocycles. The summed E-state index contributed by atoms with van der Waals surface area (Å²) in [5, 5.41) is 5.93. The predicted molar refractivity (Wildman–Crippen MR) is 79.0 cm³/mol. The maximum Gasteiger partial charge on any atom is 0.237 e. The van der Waals surface area contributed by atoms with Gasteiger partial charge in [0.2, 0.25) is 5.91 Å². The first-order valence-corrected chi connectivity index (χ1v) is 7.44. The Morgan fingerprint density at radius 1 is 1.00 bits per heavy atom. The van der Waals surface area contributed by atoms with Crippen molar-refractivity contribution in [2.24, 2.45) is 11.8 Å². The molecule has 0 aliphatic rings. The van der Waals surface area contributed by atoms with Crippen LogP contribution in [0.3, 0.4) is 0 Å². The van der Waals surface area contributed by atoms with Crippen molar-refractivity contribution < 1.29 is 9.59 Å². The average molecular weight is 270 g/mol. The van der Waals surface area contributed by atoms with Crippen LogP contribution in [-0.2, 0) is 9.59 Å². The normalized spacial score (nSPS) is 14.5. The third-order valence-electron chi connectivity index (χ3n) is 3.77. The number of likely N-dealkylation sites (N-methyl/N-ethyl adjacent to an activating group) is 1. The Hall–Kier alpha value is -0.900. The van der Waals surface area contributed by atoms with Crippen molar-refractivity contribution in [3.8, 4) is 0 Å². The zero-order chi connectivity index (χ0) is 15.0. The highest BCUT2D eigenvalue weighted by atomic mass is 16.2. The molecule has 4 nitrogen and oxygen atoms in total. The molecule has 0 saturated carbocycles. The van der Waals surface area contributed by atoms with Gasteiger partial charge >= 0.3 is 0 Å². The Morgan fingerprint density at radius 2 is 1.53 bits per heavy atom. The van der Waals surface area contributed by atoms with Crippen molar-refractivity contribution in [2.75, 3.05) is 7.05 Å². The number of carbonyl (C=O) groups excluding carboxylic acids is 2. The summed E-state index contributed by atoms with van der Waals surface area (Å²) in [5.41, 5.74) is 0. The molecule has 2 N–H and O–H groups in total. The van der Waals surface area contributed by atoms with Gasteiger partial charge in [-0.05, 0) is 19.4 Å². The molecule has 112 valence electrons. The molecule has 0 aromatic carbocycles. The zero-order valence-electron chi connectivity index (χ0n) is 13.2. The Morgan fingerprint density at radius 3 is 1.84 bits per heavy atom. The summed E-state index contributed by atoms with van der Waals surface area (Å²) in [6.45, 7) is 9.86. The average Bonchev–Trinajstić information content (AvgIpc) is 2.39. The van der Waals surface area contributed by atoms with Crippen LogP contribution in [0.15, 0.2) is 0 Å².